The van der Waals surface area contributed by atoms with Gasteiger partial charge in [0, 0.05) is 18.2 Å². The first kappa shape index (κ1) is 14.3. The molecule has 3 aromatic rings. The molecule has 0 spiro atoms. The van der Waals surface area contributed by atoms with E-state index in [1.165, 1.54) is 11.3 Å². The Hall–Kier alpha value is -2.32. The summed E-state index contributed by atoms with van der Waals surface area (Å²) in [5, 5.41) is 0.828. The van der Waals surface area contributed by atoms with Gasteiger partial charge in [-0.25, -0.2) is 4.98 Å². The van der Waals surface area contributed by atoms with Crippen molar-refractivity contribution in [3.63, 3.8) is 0 Å². The van der Waals surface area contributed by atoms with Crippen LogP contribution in [0.1, 0.15) is 18.2 Å². The van der Waals surface area contributed by atoms with Gasteiger partial charge in [0.1, 0.15) is 5.65 Å². The van der Waals surface area contributed by atoms with Crippen LogP contribution in [0.25, 0.3) is 21.5 Å². The Morgan fingerprint density at radius 2 is 2.30 bits per heavy atom. The SMILES string of the molecule is Cc1nc(N)nc2c1cc(-c1cncs1)c(=O)n2C1CCOC1. The molecule has 0 aliphatic carbocycles. The number of rotatable bonds is 2. The summed E-state index contributed by atoms with van der Waals surface area (Å²) in [6, 6.07) is 1.80. The molecule has 4 heterocycles. The van der Waals surface area contributed by atoms with Gasteiger partial charge in [-0.3, -0.25) is 14.3 Å². The number of hydrogen-bond acceptors (Lipinski definition) is 7. The monoisotopic (exact) mass is 329 g/mol. The van der Waals surface area contributed by atoms with Gasteiger partial charge in [0.15, 0.2) is 0 Å². The minimum absolute atomic E-state index is 0.0356. The lowest BCUT2D eigenvalue weighted by Gasteiger charge is -2.17. The van der Waals surface area contributed by atoms with Crippen LogP contribution < -0.4 is 11.3 Å². The number of aryl methyl sites for hydroxylation is 1. The van der Waals surface area contributed by atoms with Crippen LogP contribution in [0.3, 0.4) is 0 Å². The molecule has 0 aromatic carbocycles. The van der Waals surface area contributed by atoms with Crippen LogP contribution in [-0.2, 0) is 4.74 Å². The van der Waals surface area contributed by atoms with Crippen molar-refractivity contribution in [2.75, 3.05) is 18.9 Å². The average Bonchev–Trinajstić information content (AvgIpc) is 3.20. The van der Waals surface area contributed by atoms with Crippen LogP contribution in [0.5, 0.6) is 0 Å². The highest BCUT2D eigenvalue weighted by Gasteiger charge is 2.24. The lowest BCUT2D eigenvalue weighted by molar-refractivity contribution is 0.186. The van der Waals surface area contributed by atoms with Crippen molar-refractivity contribution < 1.29 is 4.74 Å². The normalized spacial score (nSPS) is 17.9. The first-order valence-electron chi connectivity index (χ1n) is 7.31. The van der Waals surface area contributed by atoms with Gasteiger partial charge in [-0.15, -0.1) is 11.3 Å². The van der Waals surface area contributed by atoms with Gasteiger partial charge in [-0.2, -0.15) is 4.98 Å². The summed E-state index contributed by atoms with van der Waals surface area (Å²) in [6.07, 6.45) is 2.49. The third-order valence-corrected chi connectivity index (χ3v) is 4.87. The van der Waals surface area contributed by atoms with Crippen molar-refractivity contribution >= 4 is 28.3 Å². The third-order valence-electron chi connectivity index (χ3n) is 4.07. The second-order valence-electron chi connectivity index (χ2n) is 5.52. The highest BCUT2D eigenvalue weighted by atomic mass is 32.1. The van der Waals surface area contributed by atoms with Crippen molar-refractivity contribution in [2.45, 2.75) is 19.4 Å². The Balaban J connectivity index is 2.10. The standard InChI is InChI=1S/C15H15N5O2S/c1-8-10-4-11(12-5-17-7-23-12)14(21)20(9-2-3-22-6-9)13(10)19-15(16)18-8/h4-5,7,9H,2-3,6H2,1H3,(H2,16,18,19). The molecule has 0 bridgehead atoms. The van der Waals surface area contributed by atoms with E-state index in [1.54, 1.807) is 16.3 Å². The molecule has 1 aliphatic rings. The molecule has 2 N–H and O–H groups in total. The Morgan fingerprint density at radius 1 is 1.43 bits per heavy atom. The van der Waals surface area contributed by atoms with Crippen molar-refractivity contribution in [1.82, 2.24) is 19.5 Å². The maximum absolute atomic E-state index is 13.1. The molecule has 1 fully saturated rings. The molecular formula is C15H15N5O2S. The van der Waals surface area contributed by atoms with Crippen LogP contribution >= 0.6 is 11.3 Å². The molecule has 1 aliphatic heterocycles. The number of nitrogens with two attached hydrogens (primary N) is 1. The molecule has 0 amide bonds. The van der Waals surface area contributed by atoms with E-state index in [4.69, 9.17) is 10.5 Å². The number of nitrogens with zero attached hydrogens (tertiary/aromatic N) is 4. The predicted molar refractivity (Wildman–Crippen MR) is 88.5 cm³/mol. The number of anilines is 1. The van der Waals surface area contributed by atoms with Gasteiger partial charge in [0.25, 0.3) is 5.56 Å². The average molecular weight is 329 g/mol. The van der Waals surface area contributed by atoms with E-state index in [1.807, 2.05) is 13.0 Å². The summed E-state index contributed by atoms with van der Waals surface area (Å²) in [6.45, 7) is 3.02. The van der Waals surface area contributed by atoms with Gasteiger partial charge in [0.05, 0.1) is 34.3 Å². The molecule has 1 unspecified atom stereocenters. The van der Waals surface area contributed by atoms with Crippen LogP contribution in [-0.4, -0.2) is 32.7 Å². The Kier molecular flexibility index (Phi) is 3.35. The number of ether oxygens (including phenoxy) is 1. The molecule has 8 heteroatoms. The van der Waals surface area contributed by atoms with Crippen LogP contribution in [0.4, 0.5) is 5.95 Å². The highest BCUT2D eigenvalue weighted by Crippen LogP contribution is 2.28. The number of nitrogen functional groups attached to an aromatic ring is 1. The lowest BCUT2D eigenvalue weighted by atomic mass is 10.1. The fraction of sp³-hybridized carbons (Fsp3) is 0.333. The Labute approximate surface area is 135 Å². The summed E-state index contributed by atoms with van der Waals surface area (Å²) < 4.78 is 7.17. The second kappa shape index (κ2) is 5.39. The number of hydrogen-bond donors (Lipinski definition) is 1. The minimum Gasteiger partial charge on any atom is -0.379 e. The fourth-order valence-electron chi connectivity index (χ4n) is 2.96. The number of aromatic nitrogens is 4. The smallest absolute Gasteiger partial charge is 0.261 e. The van der Waals surface area contributed by atoms with E-state index in [-0.39, 0.29) is 17.5 Å². The number of pyridine rings is 1. The van der Waals surface area contributed by atoms with E-state index >= 15 is 0 Å². The van der Waals surface area contributed by atoms with Gasteiger partial charge in [0.2, 0.25) is 5.95 Å². The van der Waals surface area contributed by atoms with Crippen LogP contribution in [0.15, 0.2) is 22.6 Å². The summed E-state index contributed by atoms with van der Waals surface area (Å²) in [4.78, 5) is 26.5. The predicted octanol–water partition coefficient (Wildman–Crippen LogP) is 1.77. The molecule has 3 aromatic heterocycles. The van der Waals surface area contributed by atoms with Gasteiger partial charge in [-0.05, 0) is 19.4 Å². The van der Waals surface area contributed by atoms with Crippen molar-refractivity contribution in [3.8, 4) is 10.4 Å². The summed E-state index contributed by atoms with van der Waals surface area (Å²) in [5.74, 6) is 0.174. The molecular weight excluding hydrogens is 314 g/mol. The molecule has 1 saturated heterocycles. The first-order valence-corrected chi connectivity index (χ1v) is 8.19. The van der Waals surface area contributed by atoms with Gasteiger partial charge < -0.3 is 10.5 Å². The topological polar surface area (TPSA) is 95.9 Å². The maximum atomic E-state index is 13.1. The summed E-state index contributed by atoms with van der Waals surface area (Å²) >= 11 is 1.44. The third kappa shape index (κ3) is 2.30. The Bertz CT molecular complexity index is 929. The van der Waals surface area contributed by atoms with E-state index in [0.717, 1.165) is 22.4 Å². The lowest BCUT2D eigenvalue weighted by Crippen LogP contribution is -2.27. The molecule has 4 rings (SSSR count). The van der Waals surface area contributed by atoms with Crippen LogP contribution in [0.2, 0.25) is 0 Å². The largest absolute Gasteiger partial charge is 0.379 e. The highest BCUT2D eigenvalue weighted by molar-refractivity contribution is 7.13. The van der Waals surface area contributed by atoms with Gasteiger partial charge >= 0.3 is 0 Å². The van der Waals surface area contributed by atoms with E-state index in [2.05, 4.69) is 15.0 Å². The number of thiazole rings is 1. The summed E-state index contributed by atoms with van der Waals surface area (Å²) in [5.41, 5.74) is 9.37. The quantitative estimate of drug-likeness (QED) is 0.770. The molecule has 7 nitrogen and oxygen atoms in total. The number of fused-ring (bicyclic) bond motifs is 1. The van der Waals surface area contributed by atoms with Crippen molar-refractivity contribution in [1.29, 1.82) is 0 Å². The maximum Gasteiger partial charge on any atom is 0.261 e. The molecule has 23 heavy (non-hydrogen) atoms. The zero-order valence-electron chi connectivity index (χ0n) is 12.5. The zero-order valence-corrected chi connectivity index (χ0v) is 13.3. The zero-order chi connectivity index (χ0) is 16.0. The van der Waals surface area contributed by atoms with Gasteiger partial charge in [-0.1, -0.05) is 0 Å². The molecule has 118 valence electrons. The van der Waals surface area contributed by atoms with E-state index in [0.29, 0.717) is 24.4 Å². The fourth-order valence-corrected chi connectivity index (χ4v) is 3.59. The Morgan fingerprint density at radius 3 is 3.00 bits per heavy atom. The van der Waals surface area contributed by atoms with E-state index < -0.39 is 0 Å². The minimum atomic E-state index is -0.0882. The molecule has 1 atom stereocenters. The van der Waals surface area contributed by atoms with E-state index in [9.17, 15) is 4.79 Å². The summed E-state index contributed by atoms with van der Waals surface area (Å²) in [7, 11) is 0. The van der Waals surface area contributed by atoms with Crippen molar-refractivity contribution in [3.05, 3.63) is 33.8 Å². The molecule has 0 radical (unpaired) electrons. The second-order valence-corrected chi connectivity index (χ2v) is 6.41. The molecule has 0 saturated carbocycles. The first-order chi connectivity index (χ1) is 11.1. The van der Waals surface area contributed by atoms with Crippen molar-refractivity contribution in [2.24, 2.45) is 0 Å². The van der Waals surface area contributed by atoms with Crippen LogP contribution in [0, 0.1) is 6.92 Å².